The highest BCUT2D eigenvalue weighted by molar-refractivity contribution is 7.09. The molecule has 1 fully saturated rings. The molecule has 1 atom stereocenters. The molecule has 0 N–H and O–H groups in total. The van der Waals surface area contributed by atoms with E-state index >= 15 is 0 Å². The second-order valence-corrected chi connectivity index (χ2v) is 6.68. The molecule has 1 aliphatic heterocycles. The third-order valence-corrected chi connectivity index (χ3v) is 5.02. The molecule has 1 aliphatic rings. The summed E-state index contributed by atoms with van der Waals surface area (Å²) in [7, 11) is 2.21. The van der Waals surface area contributed by atoms with Crippen molar-refractivity contribution in [3.05, 3.63) is 16.1 Å². The van der Waals surface area contributed by atoms with Crippen molar-refractivity contribution < 1.29 is 0 Å². The number of halogens is 1. The quantitative estimate of drug-likeness (QED) is 0.595. The van der Waals surface area contributed by atoms with Gasteiger partial charge in [0.2, 0.25) is 0 Å². The maximum atomic E-state index is 5.76. The van der Waals surface area contributed by atoms with Crippen molar-refractivity contribution in [3.63, 3.8) is 0 Å². The van der Waals surface area contributed by atoms with Gasteiger partial charge in [-0.3, -0.25) is 4.90 Å². The van der Waals surface area contributed by atoms with Crippen LogP contribution in [0.3, 0.4) is 0 Å². The van der Waals surface area contributed by atoms with E-state index in [-0.39, 0.29) is 0 Å². The molecule has 1 aromatic heterocycles. The van der Waals surface area contributed by atoms with Crippen LogP contribution in [-0.2, 0) is 12.3 Å². The van der Waals surface area contributed by atoms with Crippen molar-refractivity contribution >= 4 is 22.9 Å². The molecule has 3 nitrogen and oxygen atoms in total. The number of nitrogens with zero attached hydrogens (tertiary/aromatic N) is 3. The smallest absolute Gasteiger partial charge is 0.0928 e. The third-order valence-electron chi connectivity index (χ3n) is 3.79. The highest BCUT2D eigenvalue weighted by atomic mass is 35.5. The summed E-state index contributed by atoms with van der Waals surface area (Å²) in [4.78, 5) is 9.54. The van der Waals surface area contributed by atoms with Gasteiger partial charge in [0.05, 0.1) is 16.6 Å². The highest BCUT2D eigenvalue weighted by Gasteiger charge is 2.20. The van der Waals surface area contributed by atoms with Gasteiger partial charge < -0.3 is 4.90 Å². The maximum absolute atomic E-state index is 5.76. The summed E-state index contributed by atoms with van der Waals surface area (Å²) >= 11 is 7.51. The number of thiazole rings is 1. The largest absolute Gasteiger partial charge is 0.304 e. The lowest BCUT2D eigenvalue weighted by Crippen LogP contribution is -2.50. The summed E-state index contributed by atoms with van der Waals surface area (Å²) in [6, 6.07) is 0.696. The Kier molecular flexibility index (Phi) is 6.07. The van der Waals surface area contributed by atoms with Crippen molar-refractivity contribution in [2.24, 2.45) is 0 Å². The van der Waals surface area contributed by atoms with Crippen molar-refractivity contribution in [3.8, 4) is 0 Å². The van der Waals surface area contributed by atoms with Crippen LogP contribution in [0, 0.1) is 0 Å². The fraction of sp³-hybridized carbons (Fsp3) is 0.786. The number of aryl methyl sites for hydroxylation is 1. The zero-order chi connectivity index (χ0) is 13.7. The molecule has 1 aromatic rings. The molecule has 2 heterocycles. The number of unbranched alkanes of at least 4 members (excludes halogenated alkanes) is 1. The van der Waals surface area contributed by atoms with Crippen LogP contribution in [0.2, 0.25) is 0 Å². The molecule has 0 spiro atoms. The molecule has 19 heavy (non-hydrogen) atoms. The Hall–Kier alpha value is -0.160. The van der Waals surface area contributed by atoms with Crippen LogP contribution in [0.15, 0.2) is 5.38 Å². The predicted molar refractivity (Wildman–Crippen MR) is 83.1 cm³/mol. The second-order valence-electron chi connectivity index (χ2n) is 5.47. The van der Waals surface area contributed by atoms with E-state index < -0.39 is 0 Å². The molecule has 0 bridgehead atoms. The van der Waals surface area contributed by atoms with Crippen LogP contribution in [-0.4, -0.2) is 54.1 Å². The van der Waals surface area contributed by atoms with Crippen molar-refractivity contribution in [1.29, 1.82) is 0 Å². The summed E-state index contributed by atoms with van der Waals surface area (Å²) in [5, 5.41) is 3.31. The van der Waals surface area contributed by atoms with Gasteiger partial charge in [-0.05, 0) is 39.8 Å². The Bertz CT molecular complexity index is 383. The first-order chi connectivity index (χ1) is 9.19. The average molecular weight is 302 g/mol. The van der Waals surface area contributed by atoms with E-state index in [4.69, 9.17) is 11.6 Å². The van der Waals surface area contributed by atoms with Crippen LogP contribution >= 0.6 is 22.9 Å². The summed E-state index contributed by atoms with van der Waals surface area (Å²) in [6.07, 6.45) is 3.60. The van der Waals surface area contributed by atoms with Crippen molar-refractivity contribution in [2.45, 2.75) is 38.1 Å². The van der Waals surface area contributed by atoms with E-state index in [0.717, 1.165) is 12.1 Å². The summed E-state index contributed by atoms with van der Waals surface area (Å²) in [5.41, 5.74) is 1.02. The van der Waals surface area contributed by atoms with E-state index in [1.54, 1.807) is 11.3 Å². The molecular weight excluding hydrogens is 278 g/mol. The summed E-state index contributed by atoms with van der Waals surface area (Å²) in [6.45, 7) is 7.18. The van der Waals surface area contributed by atoms with Gasteiger partial charge in [0.25, 0.3) is 0 Å². The van der Waals surface area contributed by atoms with Gasteiger partial charge in [-0.1, -0.05) is 0 Å². The van der Waals surface area contributed by atoms with Crippen LogP contribution in [0.5, 0.6) is 0 Å². The highest BCUT2D eigenvalue weighted by Crippen LogP contribution is 2.15. The van der Waals surface area contributed by atoms with Crippen molar-refractivity contribution in [2.75, 3.05) is 33.2 Å². The number of rotatable bonds is 6. The minimum atomic E-state index is 0.537. The Labute approximate surface area is 125 Å². The number of piperazine rings is 1. The summed E-state index contributed by atoms with van der Waals surface area (Å²) in [5.74, 6) is 0.537. The molecule has 0 radical (unpaired) electrons. The lowest BCUT2D eigenvalue weighted by molar-refractivity contribution is 0.0986. The average Bonchev–Trinajstić information content (AvgIpc) is 2.84. The van der Waals surface area contributed by atoms with Gasteiger partial charge in [0.1, 0.15) is 0 Å². The zero-order valence-corrected chi connectivity index (χ0v) is 13.5. The topological polar surface area (TPSA) is 19.4 Å². The third kappa shape index (κ3) is 4.71. The second kappa shape index (κ2) is 7.58. The van der Waals surface area contributed by atoms with E-state index in [0.29, 0.717) is 11.9 Å². The van der Waals surface area contributed by atoms with Gasteiger partial charge in [-0.15, -0.1) is 22.9 Å². The summed E-state index contributed by atoms with van der Waals surface area (Å²) < 4.78 is 0. The van der Waals surface area contributed by atoms with Gasteiger partial charge in [-0.2, -0.15) is 0 Å². The number of likely N-dealkylation sites (N-methyl/N-ethyl adjacent to an activating group) is 1. The van der Waals surface area contributed by atoms with Gasteiger partial charge in [-0.25, -0.2) is 4.98 Å². The number of aromatic nitrogens is 1. The van der Waals surface area contributed by atoms with E-state index in [2.05, 4.69) is 34.1 Å². The SMILES string of the molecule is CC1CN(C)CCN1CCCCc1nc(CCl)cs1. The molecular formula is C14H24ClN3S. The minimum absolute atomic E-state index is 0.537. The molecule has 1 unspecified atom stereocenters. The first-order valence-electron chi connectivity index (χ1n) is 7.11. The van der Waals surface area contributed by atoms with Crippen LogP contribution in [0.25, 0.3) is 0 Å². The van der Waals surface area contributed by atoms with Gasteiger partial charge in [0, 0.05) is 31.1 Å². The maximum Gasteiger partial charge on any atom is 0.0928 e. The Morgan fingerprint density at radius 1 is 1.42 bits per heavy atom. The first-order valence-corrected chi connectivity index (χ1v) is 8.52. The lowest BCUT2D eigenvalue weighted by atomic mass is 10.1. The number of hydrogen-bond donors (Lipinski definition) is 0. The van der Waals surface area contributed by atoms with Crippen LogP contribution < -0.4 is 0 Å². The van der Waals surface area contributed by atoms with E-state index in [9.17, 15) is 0 Å². The van der Waals surface area contributed by atoms with E-state index in [1.807, 2.05) is 0 Å². The monoisotopic (exact) mass is 301 g/mol. The van der Waals surface area contributed by atoms with Crippen molar-refractivity contribution in [1.82, 2.24) is 14.8 Å². The molecule has 108 valence electrons. The van der Waals surface area contributed by atoms with E-state index in [1.165, 1.54) is 44.0 Å². The Morgan fingerprint density at radius 3 is 2.95 bits per heavy atom. The molecule has 0 amide bonds. The zero-order valence-electron chi connectivity index (χ0n) is 11.9. The number of hydrogen-bond acceptors (Lipinski definition) is 4. The molecule has 5 heteroatoms. The molecule has 0 aliphatic carbocycles. The Balaban J connectivity index is 1.64. The van der Waals surface area contributed by atoms with Crippen LogP contribution in [0.4, 0.5) is 0 Å². The minimum Gasteiger partial charge on any atom is -0.304 e. The fourth-order valence-corrected chi connectivity index (χ4v) is 3.69. The normalized spacial score (nSPS) is 21.9. The Morgan fingerprint density at radius 2 is 2.26 bits per heavy atom. The van der Waals surface area contributed by atoms with Gasteiger partial charge in [0.15, 0.2) is 0 Å². The fourth-order valence-electron chi connectivity index (χ4n) is 2.63. The standard InChI is InChI=1S/C14H24ClN3S/c1-12-10-17(2)7-8-18(12)6-4-3-5-14-16-13(9-15)11-19-14/h11-12H,3-10H2,1-2H3. The molecule has 0 aromatic carbocycles. The first kappa shape index (κ1) is 15.2. The molecule has 2 rings (SSSR count). The molecule has 1 saturated heterocycles. The molecule has 0 saturated carbocycles. The lowest BCUT2D eigenvalue weighted by Gasteiger charge is -2.38. The predicted octanol–water partition coefficient (Wildman–Crippen LogP) is 2.84. The van der Waals surface area contributed by atoms with Gasteiger partial charge >= 0.3 is 0 Å². The number of alkyl halides is 1. The van der Waals surface area contributed by atoms with Crippen LogP contribution in [0.1, 0.15) is 30.5 Å².